The Kier molecular flexibility index (Phi) is 4.88. The number of anilines is 1. The minimum absolute atomic E-state index is 0.143. The van der Waals surface area contributed by atoms with E-state index < -0.39 is 5.91 Å². The molecule has 0 saturated heterocycles. The summed E-state index contributed by atoms with van der Waals surface area (Å²) in [5, 5.41) is 10.9. The van der Waals surface area contributed by atoms with Crippen LogP contribution in [0.1, 0.15) is 45.7 Å². The van der Waals surface area contributed by atoms with E-state index in [-0.39, 0.29) is 23.2 Å². The Morgan fingerprint density at radius 2 is 1.79 bits per heavy atom. The van der Waals surface area contributed by atoms with Crippen molar-refractivity contribution >= 4 is 28.3 Å². The van der Waals surface area contributed by atoms with Crippen LogP contribution in [-0.2, 0) is 7.05 Å². The molecule has 0 spiro atoms. The van der Waals surface area contributed by atoms with Gasteiger partial charge in [-0.1, -0.05) is 24.3 Å². The fourth-order valence-electron chi connectivity index (χ4n) is 3.37. The summed E-state index contributed by atoms with van der Waals surface area (Å²) in [7, 11) is 1.52. The van der Waals surface area contributed by atoms with Crippen LogP contribution >= 0.6 is 0 Å². The number of carbonyl (C=O) groups is 2. The topological polar surface area (TPSA) is 93.1 Å². The molecule has 1 aliphatic rings. The van der Waals surface area contributed by atoms with Crippen molar-refractivity contribution in [2.75, 3.05) is 5.32 Å². The number of hydrogen-bond donors (Lipinski definition) is 2. The predicted molar refractivity (Wildman–Crippen MR) is 111 cm³/mol. The fraction of sp³-hybridized carbons (Fsp3) is 0.273. The van der Waals surface area contributed by atoms with Crippen molar-refractivity contribution in [3.8, 4) is 0 Å². The van der Waals surface area contributed by atoms with Gasteiger partial charge in [0.15, 0.2) is 5.69 Å². The van der Waals surface area contributed by atoms with Crippen molar-refractivity contribution < 1.29 is 9.59 Å². The summed E-state index contributed by atoms with van der Waals surface area (Å²) < 4.78 is 1.16. The van der Waals surface area contributed by atoms with E-state index >= 15 is 0 Å². The summed E-state index contributed by atoms with van der Waals surface area (Å²) in [5.41, 5.74) is 1.76. The molecule has 0 unspecified atom stereocenters. The van der Waals surface area contributed by atoms with Crippen molar-refractivity contribution in [3.05, 3.63) is 69.6 Å². The zero-order valence-electron chi connectivity index (χ0n) is 16.4. The number of fused-ring (bicyclic) bond motifs is 1. The normalized spacial score (nSPS) is 13.7. The molecule has 2 N–H and O–H groups in total. The summed E-state index contributed by atoms with van der Waals surface area (Å²) in [6.45, 7) is 1.86. The van der Waals surface area contributed by atoms with E-state index in [9.17, 15) is 14.4 Å². The minimum Gasteiger partial charge on any atom is -0.349 e. The Labute approximate surface area is 167 Å². The van der Waals surface area contributed by atoms with E-state index in [0.717, 1.165) is 29.5 Å². The first-order valence-corrected chi connectivity index (χ1v) is 9.63. The standard InChI is InChI=1S/C22H22N4O3/c1-13-10-11-14(20(27)23-15-6-5-7-15)12-18(13)24-21(28)19-16-8-3-4-9-17(16)22(29)26(2)25-19/h3-4,8-12,15H,5-7H2,1-2H3,(H,23,27)(H,24,28). The molecule has 1 saturated carbocycles. The second-order valence-corrected chi connectivity index (χ2v) is 7.41. The van der Waals surface area contributed by atoms with Gasteiger partial charge in [-0.05, 0) is 49.9 Å². The maximum atomic E-state index is 13.0. The first-order chi connectivity index (χ1) is 13.9. The highest BCUT2D eigenvalue weighted by Gasteiger charge is 2.21. The van der Waals surface area contributed by atoms with Crippen LogP contribution in [0.2, 0.25) is 0 Å². The number of nitrogens with zero attached hydrogens (tertiary/aromatic N) is 2. The van der Waals surface area contributed by atoms with E-state index in [2.05, 4.69) is 15.7 Å². The zero-order valence-corrected chi connectivity index (χ0v) is 16.4. The number of hydrogen-bond acceptors (Lipinski definition) is 4. The molecule has 7 nitrogen and oxygen atoms in total. The second-order valence-electron chi connectivity index (χ2n) is 7.41. The van der Waals surface area contributed by atoms with Crippen LogP contribution in [0.15, 0.2) is 47.3 Å². The molecule has 2 aromatic carbocycles. The molecule has 7 heteroatoms. The first kappa shape index (κ1) is 18.9. The average molecular weight is 390 g/mol. The third kappa shape index (κ3) is 3.63. The summed E-state index contributed by atoms with van der Waals surface area (Å²) in [4.78, 5) is 37.7. The van der Waals surface area contributed by atoms with Crippen LogP contribution in [0.25, 0.3) is 10.8 Å². The van der Waals surface area contributed by atoms with Gasteiger partial charge in [-0.3, -0.25) is 14.4 Å². The number of benzene rings is 2. The van der Waals surface area contributed by atoms with Gasteiger partial charge in [-0.2, -0.15) is 5.10 Å². The Morgan fingerprint density at radius 1 is 1.07 bits per heavy atom. The lowest BCUT2D eigenvalue weighted by atomic mass is 9.93. The molecule has 29 heavy (non-hydrogen) atoms. The molecule has 1 aliphatic carbocycles. The molecule has 2 amide bonds. The largest absolute Gasteiger partial charge is 0.349 e. The van der Waals surface area contributed by atoms with Gasteiger partial charge in [0, 0.05) is 29.7 Å². The number of amides is 2. The summed E-state index contributed by atoms with van der Waals surface area (Å²) >= 11 is 0. The number of rotatable bonds is 4. The number of nitrogens with one attached hydrogen (secondary N) is 2. The molecule has 0 atom stereocenters. The molecule has 1 aromatic heterocycles. The van der Waals surface area contributed by atoms with Gasteiger partial charge in [-0.25, -0.2) is 4.68 Å². The highest BCUT2D eigenvalue weighted by molar-refractivity contribution is 6.11. The molecule has 0 bridgehead atoms. The highest BCUT2D eigenvalue weighted by atomic mass is 16.2. The quantitative estimate of drug-likeness (QED) is 0.716. The fourth-order valence-corrected chi connectivity index (χ4v) is 3.37. The molecule has 3 aromatic rings. The SMILES string of the molecule is Cc1ccc(C(=O)NC2CCC2)cc1NC(=O)c1nn(C)c(=O)c2ccccc12. The van der Waals surface area contributed by atoms with Gasteiger partial charge >= 0.3 is 0 Å². The van der Waals surface area contributed by atoms with Gasteiger partial charge in [0.1, 0.15) is 0 Å². The second kappa shape index (κ2) is 7.50. The summed E-state index contributed by atoms with van der Waals surface area (Å²) in [5.74, 6) is -0.577. The maximum Gasteiger partial charge on any atom is 0.276 e. The van der Waals surface area contributed by atoms with Crippen LogP contribution in [0, 0.1) is 6.92 Å². The first-order valence-electron chi connectivity index (χ1n) is 9.63. The molecule has 0 radical (unpaired) electrons. The van der Waals surface area contributed by atoms with Gasteiger partial charge < -0.3 is 10.6 Å². The third-order valence-corrected chi connectivity index (χ3v) is 5.36. The lowest BCUT2D eigenvalue weighted by Crippen LogP contribution is -2.39. The summed E-state index contributed by atoms with van der Waals surface area (Å²) in [6, 6.07) is 12.3. The molecular weight excluding hydrogens is 368 g/mol. The van der Waals surface area contributed by atoms with E-state index in [1.165, 1.54) is 7.05 Å². The van der Waals surface area contributed by atoms with E-state index in [1.54, 1.807) is 42.5 Å². The van der Waals surface area contributed by atoms with Crippen LogP contribution < -0.4 is 16.2 Å². The lowest BCUT2D eigenvalue weighted by Gasteiger charge is -2.26. The minimum atomic E-state index is -0.434. The van der Waals surface area contributed by atoms with Gasteiger partial charge in [0.05, 0.1) is 5.39 Å². The third-order valence-electron chi connectivity index (χ3n) is 5.36. The number of aryl methyl sites for hydroxylation is 2. The lowest BCUT2D eigenvalue weighted by molar-refractivity contribution is 0.0916. The molecule has 148 valence electrons. The molecule has 4 rings (SSSR count). The van der Waals surface area contributed by atoms with Crippen molar-refractivity contribution in [1.29, 1.82) is 0 Å². The average Bonchev–Trinajstić information content (AvgIpc) is 2.69. The predicted octanol–water partition coefficient (Wildman–Crippen LogP) is 2.78. The van der Waals surface area contributed by atoms with Crippen molar-refractivity contribution in [2.45, 2.75) is 32.2 Å². The van der Waals surface area contributed by atoms with Crippen LogP contribution in [0.5, 0.6) is 0 Å². The summed E-state index contributed by atoms with van der Waals surface area (Å²) in [6.07, 6.45) is 3.15. The van der Waals surface area contributed by atoms with Gasteiger partial charge in [0.2, 0.25) is 0 Å². The smallest absolute Gasteiger partial charge is 0.276 e. The van der Waals surface area contributed by atoms with E-state index in [1.807, 2.05) is 6.92 Å². The van der Waals surface area contributed by atoms with Crippen molar-refractivity contribution in [1.82, 2.24) is 15.1 Å². The van der Waals surface area contributed by atoms with Gasteiger partial charge in [-0.15, -0.1) is 0 Å². The monoisotopic (exact) mass is 390 g/mol. The molecule has 0 aliphatic heterocycles. The van der Waals surface area contributed by atoms with Crippen LogP contribution in [-0.4, -0.2) is 27.6 Å². The molecule has 1 fully saturated rings. The molecule has 1 heterocycles. The number of aromatic nitrogens is 2. The highest BCUT2D eigenvalue weighted by Crippen LogP contribution is 2.22. The van der Waals surface area contributed by atoms with E-state index in [0.29, 0.717) is 22.0 Å². The Hall–Kier alpha value is -3.48. The Bertz CT molecular complexity index is 1180. The van der Waals surface area contributed by atoms with E-state index in [4.69, 9.17) is 0 Å². The van der Waals surface area contributed by atoms with Crippen molar-refractivity contribution in [2.24, 2.45) is 7.05 Å². The van der Waals surface area contributed by atoms with Crippen molar-refractivity contribution in [3.63, 3.8) is 0 Å². The molecular formula is C22H22N4O3. The number of carbonyl (C=O) groups excluding carboxylic acids is 2. The Morgan fingerprint density at radius 3 is 2.48 bits per heavy atom. The Balaban J connectivity index is 1.64. The zero-order chi connectivity index (χ0) is 20.5. The van der Waals surface area contributed by atoms with Gasteiger partial charge in [0.25, 0.3) is 17.4 Å². The van der Waals surface area contributed by atoms with Crippen LogP contribution in [0.4, 0.5) is 5.69 Å². The maximum absolute atomic E-state index is 13.0. The van der Waals surface area contributed by atoms with Crippen LogP contribution in [0.3, 0.4) is 0 Å².